The topological polar surface area (TPSA) is 50.4 Å². The summed E-state index contributed by atoms with van der Waals surface area (Å²) in [5.74, 6) is 0.994. The van der Waals surface area contributed by atoms with Gasteiger partial charge in [0.2, 0.25) is 5.91 Å². The molecule has 0 saturated carbocycles. The molecule has 1 heterocycles. The van der Waals surface area contributed by atoms with Crippen LogP contribution in [0.25, 0.3) is 0 Å². The van der Waals surface area contributed by atoms with Gasteiger partial charge >= 0.3 is 0 Å². The van der Waals surface area contributed by atoms with Crippen molar-refractivity contribution in [3.63, 3.8) is 0 Å². The Morgan fingerprint density at radius 1 is 1.48 bits per heavy atom. The maximum Gasteiger partial charge on any atom is 0.230 e. The van der Waals surface area contributed by atoms with E-state index in [9.17, 15) is 4.79 Å². The van der Waals surface area contributed by atoms with Crippen molar-refractivity contribution >= 4 is 23.2 Å². The van der Waals surface area contributed by atoms with Gasteiger partial charge in [0.15, 0.2) is 0 Å². The second-order valence-electron chi connectivity index (χ2n) is 6.06. The van der Waals surface area contributed by atoms with E-state index in [-0.39, 0.29) is 5.91 Å². The van der Waals surface area contributed by atoms with Gasteiger partial charge in [0, 0.05) is 11.5 Å². The van der Waals surface area contributed by atoms with Crippen molar-refractivity contribution in [3.05, 3.63) is 23.2 Å². The Labute approximate surface area is 131 Å². The van der Waals surface area contributed by atoms with Crippen LogP contribution in [0.3, 0.4) is 0 Å². The third-order valence-corrected chi connectivity index (χ3v) is 4.65. The molecule has 1 aliphatic heterocycles. The molecule has 2 rings (SSSR count). The first kappa shape index (κ1) is 16.1. The third kappa shape index (κ3) is 3.69. The Morgan fingerprint density at radius 2 is 2.24 bits per heavy atom. The molecule has 1 fully saturated rings. The molecule has 0 aliphatic carbocycles. The Balaban J connectivity index is 2.12. The summed E-state index contributed by atoms with van der Waals surface area (Å²) in [4.78, 5) is 12.6. The Morgan fingerprint density at radius 3 is 2.86 bits per heavy atom. The summed E-state index contributed by atoms with van der Waals surface area (Å²) in [5, 5.41) is 6.82. The summed E-state index contributed by atoms with van der Waals surface area (Å²) in [6.45, 7) is 5.91. The molecule has 1 aromatic rings. The number of rotatable bonds is 4. The van der Waals surface area contributed by atoms with E-state index in [2.05, 4.69) is 10.6 Å². The highest BCUT2D eigenvalue weighted by atomic mass is 35.5. The lowest BCUT2D eigenvalue weighted by Gasteiger charge is -2.36. The van der Waals surface area contributed by atoms with Crippen LogP contribution in [-0.4, -0.2) is 26.1 Å². The molecule has 1 atom stereocenters. The van der Waals surface area contributed by atoms with Crippen LogP contribution in [-0.2, 0) is 4.79 Å². The molecule has 0 aromatic heterocycles. The molecule has 4 nitrogen and oxygen atoms in total. The maximum absolute atomic E-state index is 12.6. The maximum atomic E-state index is 12.6. The number of piperidine rings is 1. The van der Waals surface area contributed by atoms with Crippen LogP contribution in [0, 0.1) is 11.3 Å². The van der Waals surface area contributed by atoms with E-state index in [1.165, 1.54) is 0 Å². The molecule has 0 radical (unpaired) electrons. The number of benzene rings is 1. The summed E-state index contributed by atoms with van der Waals surface area (Å²) < 4.78 is 5.17. The Hall–Kier alpha value is -1.26. The highest BCUT2D eigenvalue weighted by Gasteiger charge is 2.37. The van der Waals surface area contributed by atoms with Crippen molar-refractivity contribution in [2.75, 3.05) is 25.5 Å². The molecular weight excluding hydrogens is 288 g/mol. The smallest absolute Gasteiger partial charge is 0.230 e. The molecule has 21 heavy (non-hydrogen) atoms. The Bertz CT molecular complexity index is 511. The number of nitrogens with one attached hydrogen (secondary N) is 2. The minimum atomic E-state index is -0.445. The number of methoxy groups -OCH3 is 1. The minimum absolute atomic E-state index is 0.00801. The second kappa shape index (κ2) is 6.67. The highest BCUT2D eigenvalue weighted by molar-refractivity contribution is 6.33. The molecule has 116 valence electrons. The molecule has 5 heteroatoms. The van der Waals surface area contributed by atoms with Gasteiger partial charge in [-0.3, -0.25) is 4.79 Å². The number of carbonyl (C=O) groups is 1. The van der Waals surface area contributed by atoms with Crippen molar-refractivity contribution in [3.8, 4) is 5.75 Å². The van der Waals surface area contributed by atoms with Crippen molar-refractivity contribution in [1.29, 1.82) is 0 Å². The van der Waals surface area contributed by atoms with E-state index in [1.54, 1.807) is 25.3 Å². The average Bonchev–Trinajstić information content (AvgIpc) is 2.50. The van der Waals surface area contributed by atoms with Crippen molar-refractivity contribution in [2.45, 2.75) is 26.7 Å². The molecule has 0 spiro atoms. The van der Waals surface area contributed by atoms with E-state index in [1.807, 2.05) is 13.8 Å². The van der Waals surface area contributed by atoms with Gasteiger partial charge in [0.05, 0.1) is 17.8 Å². The van der Waals surface area contributed by atoms with Gasteiger partial charge in [0.1, 0.15) is 5.75 Å². The standard InChI is InChI=1S/C16H23ClN2O2/c1-16(2,11-5-4-8-18-10-11)15(20)19-14-9-12(21-3)6-7-13(14)17/h6-7,9,11,18H,4-5,8,10H2,1-3H3,(H,19,20). The van der Waals surface area contributed by atoms with Crippen LogP contribution in [0.1, 0.15) is 26.7 Å². The lowest BCUT2D eigenvalue weighted by molar-refractivity contribution is -0.127. The number of halogens is 1. The lowest BCUT2D eigenvalue weighted by Crippen LogP contribution is -2.44. The monoisotopic (exact) mass is 310 g/mol. The number of anilines is 1. The zero-order valence-corrected chi connectivity index (χ0v) is 13.6. The van der Waals surface area contributed by atoms with Gasteiger partial charge in [-0.15, -0.1) is 0 Å². The van der Waals surface area contributed by atoms with Crippen molar-refractivity contribution in [1.82, 2.24) is 5.32 Å². The highest BCUT2D eigenvalue weighted by Crippen LogP contribution is 2.34. The van der Waals surface area contributed by atoms with Gasteiger partial charge in [-0.05, 0) is 44.0 Å². The molecule has 1 amide bonds. The third-order valence-electron chi connectivity index (χ3n) is 4.32. The zero-order valence-electron chi connectivity index (χ0n) is 12.8. The fraction of sp³-hybridized carbons (Fsp3) is 0.562. The fourth-order valence-electron chi connectivity index (χ4n) is 2.66. The zero-order chi connectivity index (χ0) is 15.5. The van der Waals surface area contributed by atoms with Crippen molar-refractivity contribution in [2.24, 2.45) is 11.3 Å². The summed E-state index contributed by atoms with van der Waals surface area (Å²) in [5.41, 5.74) is 0.151. The fourth-order valence-corrected chi connectivity index (χ4v) is 2.83. The number of hydrogen-bond acceptors (Lipinski definition) is 3. The van der Waals surface area contributed by atoms with Crippen LogP contribution >= 0.6 is 11.6 Å². The molecule has 0 bridgehead atoms. The van der Waals surface area contributed by atoms with E-state index in [4.69, 9.17) is 16.3 Å². The lowest BCUT2D eigenvalue weighted by atomic mass is 9.74. The molecule has 1 aliphatic rings. The van der Waals surface area contributed by atoms with E-state index >= 15 is 0 Å². The molecule has 1 unspecified atom stereocenters. The van der Waals surface area contributed by atoms with Gasteiger partial charge in [0.25, 0.3) is 0 Å². The first-order chi connectivity index (χ1) is 9.95. The first-order valence-corrected chi connectivity index (χ1v) is 7.68. The first-order valence-electron chi connectivity index (χ1n) is 7.31. The number of carbonyl (C=O) groups excluding carboxylic acids is 1. The molecule has 1 aromatic carbocycles. The largest absolute Gasteiger partial charge is 0.497 e. The SMILES string of the molecule is COc1ccc(Cl)c(NC(=O)C(C)(C)C2CCCNC2)c1. The van der Waals surface area contributed by atoms with Crippen LogP contribution in [0.2, 0.25) is 5.02 Å². The quantitative estimate of drug-likeness (QED) is 0.897. The predicted octanol–water partition coefficient (Wildman–Crippen LogP) is 3.31. The number of ether oxygens (including phenoxy) is 1. The van der Waals surface area contributed by atoms with Gasteiger partial charge in [-0.1, -0.05) is 25.4 Å². The predicted molar refractivity (Wildman–Crippen MR) is 86.0 cm³/mol. The van der Waals surface area contributed by atoms with Crippen LogP contribution in [0.5, 0.6) is 5.75 Å². The summed E-state index contributed by atoms with van der Waals surface area (Å²) in [7, 11) is 1.59. The van der Waals surface area contributed by atoms with Gasteiger partial charge in [-0.25, -0.2) is 0 Å². The van der Waals surface area contributed by atoms with Crippen LogP contribution in [0.4, 0.5) is 5.69 Å². The summed E-state index contributed by atoms with van der Waals surface area (Å²) in [6.07, 6.45) is 2.18. The average molecular weight is 311 g/mol. The number of hydrogen-bond donors (Lipinski definition) is 2. The van der Waals surface area contributed by atoms with E-state index in [0.717, 1.165) is 25.9 Å². The van der Waals surface area contributed by atoms with Gasteiger partial charge in [-0.2, -0.15) is 0 Å². The van der Waals surface area contributed by atoms with E-state index < -0.39 is 5.41 Å². The molecular formula is C16H23ClN2O2. The second-order valence-corrected chi connectivity index (χ2v) is 6.47. The Kier molecular flexibility index (Phi) is 5.12. The molecule has 1 saturated heterocycles. The summed E-state index contributed by atoms with van der Waals surface area (Å²) in [6, 6.07) is 5.24. The molecule has 2 N–H and O–H groups in total. The summed E-state index contributed by atoms with van der Waals surface area (Å²) >= 11 is 6.15. The number of amides is 1. The van der Waals surface area contributed by atoms with Crippen molar-refractivity contribution < 1.29 is 9.53 Å². The van der Waals surface area contributed by atoms with E-state index in [0.29, 0.717) is 22.4 Å². The van der Waals surface area contributed by atoms with Gasteiger partial charge < -0.3 is 15.4 Å². The minimum Gasteiger partial charge on any atom is -0.497 e. The van der Waals surface area contributed by atoms with Crippen LogP contribution < -0.4 is 15.4 Å². The van der Waals surface area contributed by atoms with Crippen LogP contribution in [0.15, 0.2) is 18.2 Å². The normalized spacial score (nSPS) is 19.1.